The lowest BCUT2D eigenvalue weighted by molar-refractivity contribution is -0.870. The topological polar surface area (TPSA) is 108 Å². The number of phosphoric acid groups is 1. The number of hydrogen-bond donors (Lipinski definition) is 2. The molecule has 69 heavy (non-hydrogen) atoms. The van der Waals surface area contributed by atoms with Crippen LogP contribution >= 0.6 is 7.82 Å². The molecule has 0 aliphatic rings. The normalized spacial score (nSPS) is 14.5. The monoisotopic (exact) mass is 987 g/mol. The highest BCUT2D eigenvalue weighted by atomic mass is 31.2. The number of likely N-dealkylation sites (N-methyl/N-ethyl adjacent to an activating group) is 1. The van der Waals surface area contributed by atoms with Crippen LogP contribution in [0.2, 0.25) is 0 Å². The maximum atomic E-state index is 12.9. The van der Waals surface area contributed by atoms with Gasteiger partial charge in [0.05, 0.1) is 39.9 Å². The Balaban J connectivity index is 4.05. The summed E-state index contributed by atoms with van der Waals surface area (Å²) in [5.41, 5.74) is 0. The maximum Gasteiger partial charge on any atom is 0.268 e. The molecule has 0 aliphatic heterocycles. The average Bonchev–Trinajstić information content (AvgIpc) is 3.31. The van der Waals surface area contributed by atoms with Gasteiger partial charge in [0, 0.05) is 6.42 Å². The molecule has 8 nitrogen and oxygen atoms in total. The van der Waals surface area contributed by atoms with Gasteiger partial charge in [0.25, 0.3) is 7.82 Å². The lowest BCUT2D eigenvalue weighted by atomic mass is 10.0. The van der Waals surface area contributed by atoms with Crippen molar-refractivity contribution in [2.75, 3.05) is 40.9 Å². The van der Waals surface area contributed by atoms with Crippen LogP contribution in [0.5, 0.6) is 0 Å². The number of rotatable bonds is 52. The summed E-state index contributed by atoms with van der Waals surface area (Å²) in [5.74, 6) is -0.206. The number of quaternary nitrogens is 1. The summed E-state index contributed by atoms with van der Waals surface area (Å²) in [4.78, 5) is 25.4. The van der Waals surface area contributed by atoms with E-state index in [1.165, 1.54) is 167 Å². The number of allylic oxidation sites excluding steroid dienone is 11. The highest BCUT2D eigenvalue weighted by Gasteiger charge is 2.23. The molecule has 0 aromatic heterocycles. The highest BCUT2D eigenvalue weighted by molar-refractivity contribution is 7.45. The number of aliphatic hydroxyl groups is 1. The molecule has 0 bridgehead atoms. The van der Waals surface area contributed by atoms with Crippen LogP contribution in [0.25, 0.3) is 0 Å². The van der Waals surface area contributed by atoms with Gasteiger partial charge in [-0.1, -0.05) is 247 Å². The molecule has 0 spiro atoms. The lowest BCUT2D eigenvalue weighted by Gasteiger charge is -2.29. The van der Waals surface area contributed by atoms with Crippen molar-refractivity contribution in [2.45, 2.75) is 264 Å². The second-order valence-corrected chi connectivity index (χ2v) is 22.0. The molecule has 0 saturated heterocycles. The molecule has 3 unspecified atom stereocenters. The fourth-order valence-corrected chi connectivity index (χ4v) is 8.88. The first-order valence-corrected chi connectivity index (χ1v) is 30.3. The number of aliphatic hydroxyl groups excluding tert-OH is 1. The zero-order valence-electron chi connectivity index (χ0n) is 45.8. The molecule has 0 aromatic carbocycles. The van der Waals surface area contributed by atoms with Gasteiger partial charge in [-0.3, -0.25) is 9.36 Å². The third-order valence-corrected chi connectivity index (χ3v) is 13.6. The number of carbonyl (C=O) groups is 1. The van der Waals surface area contributed by atoms with E-state index < -0.39 is 26.6 Å². The van der Waals surface area contributed by atoms with Gasteiger partial charge in [0.1, 0.15) is 13.2 Å². The van der Waals surface area contributed by atoms with Crippen LogP contribution in [0.4, 0.5) is 0 Å². The molecule has 0 saturated carbocycles. The van der Waals surface area contributed by atoms with Crippen molar-refractivity contribution in [3.8, 4) is 0 Å². The molecule has 0 fully saturated rings. The predicted octanol–water partition coefficient (Wildman–Crippen LogP) is 16.9. The second-order valence-electron chi connectivity index (χ2n) is 20.6. The van der Waals surface area contributed by atoms with E-state index in [9.17, 15) is 19.4 Å². The molecule has 0 rings (SSSR count). The minimum absolute atomic E-state index is 0.00709. The minimum Gasteiger partial charge on any atom is -0.756 e. The van der Waals surface area contributed by atoms with E-state index in [0.29, 0.717) is 17.4 Å². The molecule has 0 aliphatic carbocycles. The lowest BCUT2D eigenvalue weighted by Crippen LogP contribution is -2.45. The highest BCUT2D eigenvalue weighted by Crippen LogP contribution is 2.38. The van der Waals surface area contributed by atoms with Crippen molar-refractivity contribution >= 4 is 13.7 Å². The number of hydrogen-bond acceptors (Lipinski definition) is 6. The Kier molecular flexibility index (Phi) is 49.3. The van der Waals surface area contributed by atoms with Crippen molar-refractivity contribution in [3.05, 3.63) is 72.9 Å². The first-order valence-electron chi connectivity index (χ1n) is 28.8. The van der Waals surface area contributed by atoms with Gasteiger partial charge in [-0.15, -0.1) is 0 Å². The van der Waals surface area contributed by atoms with Crippen LogP contribution in [0, 0.1) is 0 Å². The van der Waals surface area contributed by atoms with E-state index in [2.05, 4.69) is 79.9 Å². The van der Waals surface area contributed by atoms with Crippen LogP contribution in [0.15, 0.2) is 72.9 Å². The number of phosphoric ester groups is 1. The van der Waals surface area contributed by atoms with Crippen molar-refractivity contribution in [1.82, 2.24) is 5.32 Å². The van der Waals surface area contributed by atoms with E-state index in [0.717, 1.165) is 64.2 Å². The van der Waals surface area contributed by atoms with Gasteiger partial charge in [-0.05, 0) is 70.6 Å². The molecule has 0 aromatic rings. The van der Waals surface area contributed by atoms with Crippen molar-refractivity contribution in [3.63, 3.8) is 0 Å². The van der Waals surface area contributed by atoms with Gasteiger partial charge in [0.15, 0.2) is 0 Å². The Morgan fingerprint density at radius 3 is 1.35 bits per heavy atom. The van der Waals surface area contributed by atoms with Gasteiger partial charge < -0.3 is 28.8 Å². The van der Waals surface area contributed by atoms with E-state index in [-0.39, 0.29) is 12.5 Å². The standard InChI is InChI=1S/C60H111N2O6P/c1-6-8-10-12-14-16-18-20-22-23-24-25-26-27-28-29-30-31-32-33-34-35-36-37-38-39-40-42-44-46-48-50-52-54-60(64)61-58(57-68-69(65,66)67-56-55-62(3,4)5)59(63)53-51-49-47-45-43-41-21-19-17-15-13-11-9-7-2/h8,10,14,16,20,22,24-25,43,45,51,53,58-59,63H,6-7,9,11-13,15,17-19,21,23,26-42,44,46-50,52,54-57H2,1-5H3,(H-,61,64,65,66)/b10-8-,16-14-,22-20-,25-24-,45-43+,53-51+. The van der Waals surface area contributed by atoms with E-state index in [4.69, 9.17) is 9.05 Å². The third kappa shape index (κ3) is 53.6. The minimum atomic E-state index is -4.60. The van der Waals surface area contributed by atoms with E-state index >= 15 is 0 Å². The Morgan fingerprint density at radius 1 is 0.522 bits per heavy atom. The Labute approximate surface area is 427 Å². The Hall–Kier alpha value is -2.06. The molecule has 1 amide bonds. The summed E-state index contributed by atoms with van der Waals surface area (Å²) in [7, 11) is 1.24. The molecule has 402 valence electrons. The largest absolute Gasteiger partial charge is 0.756 e. The van der Waals surface area contributed by atoms with Crippen LogP contribution < -0.4 is 10.2 Å². The zero-order valence-corrected chi connectivity index (χ0v) is 46.6. The smallest absolute Gasteiger partial charge is 0.268 e. The molecular formula is C60H111N2O6P. The summed E-state index contributed by atoms with van der Waals surface area (Å²) in [6, 6.07) is -0.904. The average molecular weight is 988 g/mol. The molecule has 9 heteroatoms. The Bertz CT molecular complexity index is 1350. The molecule has 0 radical (unpaired) electrons. The molecule has 2 N–H and O–H groups in total. The van der Waals surface area contributed by atoms with Crippen molar-refractivity contribution in [1.29, 1.82) is 0 Å². The summed E-state index contributed by atoms with van der Waals surface area (Å²) < 4.78 is 23.3. The molecule has 3 atom stereocenters. The quantitative estimate of drug-likeness (QED) is 0.0272. The summed E-state index contributed by atoms with van der Waals surface area (Å²) >= 11 is 0. The number of nitrogens with one attached hydrogen (secondary N) is 1. The van der Waals surface area contributed by atoms with Gasteiger partial charge in [-0.25, -0.2) is 0 Å². The summed E-state index contributed by atoms with van der Waals surface area (Å²) in [6.07, 6.45) is 69.9. The van der Waals surface area contributed by atoms with Crippen LogP contribution in [-0.4, -0.2) is 68.5 Å². The van der Waals surface area contributed by atoms with Crippen LogP contribution in [-0.2, 0) is 18.4 Å². The summed E-state index contributed by atoms with van der Waals surface area (Å²) in [5, 5.41) is 13.8. The fraction of sp³-hybridized carbons (Fsp3) is 0.783. The number of nitrogens with zero attached hydrogens (tertiary/aromatic N) is 1. The number of amides is 1. The first kappa shape index (κ1) is 66.9. The van der Waals surface area contributed by atoms with E-state index in [1.54, 1.807) is 6.08 Å². The van der Waals surface area contributed by atoms with E-state index in [1.807, 2.05) is 27.2 Å². The third-order valence-electron chi connectivity index (χ3n) is 12.7. The van der Waals surface area contributed by atoms with Crippen molar-refractivity contribution in [2.24, 2.45) is 0 Å². The fourth-order valence-electron chi connectivity index (χ4n) is 8.16. The summed E-state index contributed by atoms with van der Waals surface area (Å²) in [6.45, 7) is 4.52. The van der Waals surface area contributed by atoms with Crippen LogP contribution in [0.3, 0.4) is 0 Å². The molecular weight excluding hydrogens is 876 g/mol. The van der Waals surface area contributed by atoms with Crippen molar-refractivity contribution < 1.29 is 32.9 Å². The van der Waals surface area contributed by atoms with Gasteiger partial charge in [-0.2, -0.15) is 0 Å². The van der Waals surface area contributed by atoms with Gasteiger partial charge >= 0.3 is 0 Å². The van der Waals surface area contributed by atoms with Gasteiger partial charge in [0.2, 0.25) is 5.91 Å². The predicted molar refractivity (Wildman–Crippen MR) is 297 cm³/mol. The Morgan fingerprint density at radius 2 is 0.899 bits per heavy atom. The SMILES string of the molecule is CC/C=C\C/C=C\C/C=C\C/C=C\CCCCCCCCCCCCCCCCCCCCCCC(=O)NC(COP(=O)([O-])OCC[N+](C)(C)C)C(O)/C=C/CC/C=C/CCCCCCCCCC. The molecule has 0 heterocycles. The second kappa shape index (κ2) is 50.9. The number of unbranched alkanes of at least 4 members (excludes halogenated alkanes) is 29. The first-order chi connectivity index (χ1) is 33.5. The van der Waals surface area contributed by atoms with Crippen LogP contribution in [0.1, 0.15) is 251 Å². The number of carbonyl (C=O) groups excluding carboxylic acids is 1. The zero-order chi connectivity index (χ0) is 50.6. The maximum absolute atomic E-state index is 12.9.